The summed E-state index contributed by atoms with van der Waals surface area (Å²) in [6, 6.07) is 0.385. The zero-order valence-corrected chi connectivity index (χ0v) is 17.4. The smallest absolute Gasteiger partial charge is 0.243 e. The largest absolute Gasteiger partial charge is 0.354 e. The van der Waals surface area contributed by atoms with Gasteiger partial charge in [-0.1, -0.05) is 19.8 Å². The number of nitrogens with one attached hydrogen (secondary N) is 1. The van der Waals surface area contributed by atoms with Gasteiger partial charge in [-0.2, -0.15) is 0 Å². The van der Waals surface area contributed by atoms with Gasteiger partial charge in [0.2, 0.25) is 5.91 Å². The summed E-state index contributed by atoms with van der Waals surface area (Å²) in [5, 5.41) is 3.52. The lowest BCUT2D eigenvalue weighted by Crippen LogP contribution is -2.44. The van der Waals surface area contributed by atoms with Crippen LogP contribution in [0.3, 0.4) is 0 Å². The van der Waals surface area contributed by atoms with E-state index in [9.17, 15) is 4.79 Å². The molecule has 0 aromatic carbocycles. The Morgan fingerprint density at radius 2 is 1.83 bits per heavy atom. The van der Waals surface area contributed by atoms with Gasteiger partial charge in [0.15, 0.2) is 5.96 Å². The van der Waals surface area contributed by atoms with Crippen LogP contribution >= 0.6 is 24.0 Å². The van der Waals surface area contributed by atoms with Crippen molar-refractivity contribution in [3.63, 3.8) is 0 Å². The molecule has 2 aliphatic rings. The van der Waals surface area contributed by atoms with Crippen LogP contribution in [0.15, 0.2) is 4.99 Å². The van der Waals surface area contributed by atoms with Crippen molar-refractivity contribution < 1.29 is 4.79 Å². The number of likely N-dealkylation sites (tertiary alicyclic amines) is 1. The molecule has 0 bridgehead atoms. The Hall–Kier alpha value is -0.530. The van der Waals surface area contributed by atoms with E-state index < -0.39 is 0 Å². The highest BCUT2D eigenvalue weighted by Gasteiger charge is 2.35. The van der Waals surface area contributed by atoms with Crippen LogP contribution in [0.25, 0.3) is 0 Å². The van der Waals surface area contributed by atoms with Crippen LogP contribution in [0.2, 0.25) is 0 Å². The maximum atomic E-state index is 11.8. The molecule has 1 amide bonds. The number of amides is 1. The van der Waals surface area contributed by atoms with Gasteiger partial charge in [-0.25, -0.2) is 4.99 Å². The highest BCUT2D eigenvalue weighted by atomic mass is 127. The minimum atomic E-state index is 0. The van der Waals surface area contributed by atoms with Crippen LogP contribution in [0.4, 0.5) is 0 Å². The number of hydrogen-bond donors (Lipinski definition) is 1. The Bertz CT molecular complexity index is 399. The SMILES string of the molecule is CCC(C)NC(=NCC(=O)N(C)C)N1CC2CCCCC2C1.I. The first-order chi connectivity index (χ1) is 10.5. The molecule has 0 aromatic rings. The van der Waals surface area contributed by atoms with Gasteiger partial charge < -0.3 is 15.1 Å². The van der Waals surface area contributed by atoms with Crippen LogP contribution in [-0.2, 0) is 4.79 Å². The summed E-state index contributed by atoms with van der Waals surface area (Å²) >= 11 is 0. The first-order valence-electron chi connectivity index (χ1n) is 8.77. The minimum absolute atomic E-state index is 0. The summed E-state index contributed by atoms with van der Waals surface area (Å²) in [5.41, 5.74) is 0. The number of guanidine groups is 1. The molecule has 6 heteroatoms. The van der Waals surface area contributed by atoms with Crippen molar-refractivity contribution >= 4 is 35.8 Å². The fraction of sp³-hybridized carbons (Fsp3) is 0.882. The summed E-state index contributed by atoms with van der Waals surface area (Å²) < 4.78 is 0. The third-order valence-electron chi connectivity index (χ3n) is 5.13. The summed E-state index contributed by atoms with van der Waals surface area (Å²) in [6.45, 7) is 6.78. The van der Waals surface area contributed by atoms with E-state index in [0.29, 0.717) is 6.04 Å². The number of fused-ring (bicyclic) bond motifs is 1. The van der Waals surface area contributed by atoms with Crippen molar-refractivity contribution in [2.75, 3.05) is 33.7 Å². The maximum absolute atomic E-state index is 11.8. The highest BCUT2D eigenvalue weighted by Crippen LogP contribution is 2.35. The Morgan fingerprint density at radius 1 is 1.26 bits per heavy atom. The molecule has 0 aromatic heterocycles. The van der Waals surface area contributed by atoms with Gasteiger partial charge in [-0.15, -0.1) is 24.0 Å². The summed E-state index contributed by atoms with van der Waals surface area (Å²) in [7, 11) is 3.56. The third-order valence-corrected chi connectivity index (χ3v) is 5.13. The number of hydrogen-bond acceptors (Lipinski definition) is 2. The van der Waals surface area contributed by atoms with Gasteiger partial charge >= 0.3 is 0 Å². The molecule has 5 nitrogen and oxygen atoms in total. The van der Waals surface area contributed by atoms with Crippen LogP contribution in [0.5, 0.6) is 0 Å². The number of nitrogens with zero attached hydrogens (tertiary/aromatic N) is 3. The van der Waals surface area contributed by atoms with Gasteiger partial charge in [-0.3, -0.25) is 4.79 Å². The molecule has 0 spiro atoms. The summed E-state index contributed by atoms with van der Waals surface area (Å²) in [6.07, 6.45) is 6.52. The zero-order chi connectivity index (χ0) is 16.1. The van der Waals surface area contributed by atoms with E-state index in [4.69, 9.17) is 0 Å². The molecule has 1 saturated heterocycles. The number of carbonyl (C=O) groups excluding carboxylic acids is 1. The Balaban J connectivity index is 0.00000264. The number of aliphatic imine (C=N–C) groups is 1. The second-order valence-electron chi connectivity index (χ2n) is 7.09. The molecule has 3 unspecified atom stereocenters. The molecule has 1 aliphatic heterocycles. The number of likely N-dealkylation sites (N-methyl/N-ethyl adjacent to an activating group) is 1. The van der Waals surface area contributed by atoms with Gasteiger partial charge in [0.25, 0.3) is 0 Å². The monoisotopic (exact) mass is 436 g/mol. The topological polar surface area (TPSA) is 47.9 Å². The van der Waals surface area contributed by atoms with Crippen molar-refractivity contribution in [2.24, 2.45) is 16.8 Å². The van der Waals surface area contributed by atoms with Crippen molar-refractivity contribution in [1.82, 2.24) is 15.1 Å². The van der Waals surface area contributed by atoms with E-state index >= 15 is 0 Å². The van der Waals surface area contributed by atoms with E-state index in [2.05, 4.69) is 29.1 Å². The number of carbonyl (C=O) groups is 1. The molecule has 134 valence electrons. The molecule has 1 saturated carbocycles. The fourth-order valence-corrected chi connectivity index (χ4v) is 3.42. The van der Waals surface area contributed by atoms with E-state index in [1.165, 1.54) is 25.7 Å². The number of rotatable bonds is 4. The molecule has 23 heavy (non-hydrogen) atoms. The predicted octanol–water partition coefficient (Wildman–Crippen LogP) is 2.56. The minimum Gasteiger partial charge on any atom is -0.354 e. The lowest BCUT2D eigenvalue weighted by molar-refractivity contribution is -0.127. The Morgan fingerprint density at radius 3 is 2.30 bits per heavy atom. The highest BCUT2D eigenvalue weighted by molar-refractivity contribution is 14.0. The second-order valence-corrected chi connectivity index (χ2v) is 7.09. The molecular formula is C17H33IN4O. The predicted molar refractivity (Wildman–Crippen MR) is 106 cm³/mol. The lowest BCUT2D eigenvalue weighted by atomic mass is 9.82. The summed E-state index contributed by atoms with van der Waals surface area (Å²) in [5.74, 6) is 2.63. The van der Waals surface area contributed by atoms with E-state index in [0.717, 1.165) is 37.3 Å². The molecule has 1 aliphatic carbocycles. The van der Waals surface area contributed by atoms with Crippen LogP contribution in [0, 0.1) is 11.8 Å². The molecule has 2 fully saturated rings. The maximum Gasteiger partial charge on any atom is 0.243 e. The molecule has 3 atom stereocenters. The van der Waals surface area contributed by atoms with Gasteiger partial charge in [0.1, 0.15) is 6.54 Å². The Labute approximate surface area is 158 Å². The van der Waals surface area contributed by atoms with Crippen molar-refractivity contribution in [2.45, 2.75) is 52.0 Å². The van der Waals surface area contributed by atoms with Crippen molar-refractivity contribution in [1.29, 1.82) is 0 Å². The van der Waals surface area contributed by atoms with E-state index in [1.807, 2.05) is 0 Å². The van der Waals surface area contributed by atoms with Crippen LogP contribution < -0.4 is 5.32 Å². The molecule has 0 radical (unpaired) electrons. The lowest BCUT2D eigenvalue weighted by Gasteiger charge is -2.25. The van der Waals surface area contributed by atoms with E-state index in [-0.39, 0.29) is 36.4 Å². The first kappa shape index (κ1) is 20.5. The normalized spacial score (nSPS) is 25.4. The second kappa shape index (κ2) is 9.69. The summed E-state index contributed by atoms with van der Waals surface area (Å²) in [4.78, 5) is 20.4. The third kappa shape index (κ3) is 5.80. The van der Waals surface area contributed by atoms with Crippen molar-refractivity contribution in [3.8, 4) is 0 Å². The molecule has 1 N–H and O–H groups in total. The van der Waals surface area contributed by atoms with Crippen LogP contribution in [-0.4, -0.2) is 61.4 Å². The first-order valence-corrected chi connectivity index (χ1v) is 8.77. The number of halogens is 1. The molecular weight excluding hydrogens is 403 g/mol. The fourth-order valence-electron chi connectivity index (χ4n) is 3.42. The Kier molecular flexibility index (Phi) is 8.64. The van der Waals surface area contributed by atoms with Gasteiger partial charge in [-0.05, 0) is 38.0 Å². The van der Waals surface area contributed by atoms with Gasteiger partial charge in [0.05, 0.1) is 0 Å². The average molecular weight is 436 g/mol. The standard InChI is InChI=1S/C17H32N4O.HI/c1-5-13(2)19-17(18-10-16(22)20(3)4)21-11-14-8-6-7-9-15(14)12-21;/h13-15H,5-12H2,1-4H3,(H,18,19);1H. The van der Waals surface area contributed by atoms with Crippen molar-refractivity contribution in [3.05, 3.63) is 0 Å². The zero-order valence-electron chi connectivity index (χ0n) is 15.0. The van der Waals surface area contributed by atoms with Gasteiger partial charge in [0, 0.05) is 33.2 Å². The average Bonchev–Trinajstić information content (AvgIpc) is 2.94. The molecule has 1 heterocycles. The quantitative estimate of drug-likeness (QED) is 0.419. The van der Waals surface area contributed by atoms with Crippen LogP contribution in [0.1, 0.15) is 46.0 Å². The van der Waals surface area contributed by atoms with E-state index in [1.54, 1.807) is 19.0 Å². The molecule has 2 rings (SSSR count).